The van der Waals surface area contributed by atoms with Crippen molar-refractivity contribution in [3.8, 4) is 0 Å². The molecule has 3 nitrogen and oxygen atoms in total. The van der Waals surface area contributed by atoms with Gasteiger partial charge in [-0.1, -0.05) is 0 Å². The van der Waals surface area contributed by atoms with Crippen LogP contribution in [-0.2, 0) is 0 Å². The molecule has 0 atom stereocenters. The van der Waals surface area contributed by atoms with Crippen LogP contribution in [-0.4, -0.2) is 26.6 Å². The molecule has 0 aromatic heterocycles. The van der Waals surface area contributed by atoms with Gasteiger partial charge in [0.05, 0.1) is 11.2 Å². The van der Waals surface area contributed by atoms with Crippen LogP contribution in [0.15, 0.2) is 20.7 Å². The topological polar surface area (TPSA) is 36.8 Å². The van der Waals surface area contributed by atoms with Gasteiger partial charge in [0, 0.05) is 12.4 Å². The predicted molar refractivity (Wildman–Crippen MR) is 49.0 cm³/mol. The molecule has 0 spiro atoms. The summed E-state index contributed by atoms with van der Waals surface area (Å²) in [5.41, 5.74) is 0. The van der Waals surface area contributed by atoms with Crippen LogP contribution in [0.25, 0.3) is 0 Å². The molecule has 0 saturated carbocycles. The molecule has 0 unspecified atom stereocenters. The Balaban J connectivity index is 3.65. The molecular formula is C6H10BrN3. The summed E-state index contributed by atoms with van der Waals surface area (Å²) in [4.78, 5) is 7.51. The molecule has 1 N–H and O–H groups in total. The van der Waals surface area contributed by atoms with Crippen molar-refractivity contribution in [3.05, 3.63) is 10.7 Å². The molecule has 0 aromatic carbocycles. The van der Waals surface area contributed by atoms with Crippen LogP contribution < -0.4 is 5.32 Å². The fourth-order valence-electron chi connectivity index (χ4n) is 0.345. The highest BCUT2D eigenvalue weighted by Gasteiger charge is 1.79. The van der Waals surface area contributed by atoms with E-state index in [1.54, 1.807) is 12.4 Å². The minimum absolute atomic E-state index is 0.611. The fourth-order valence-corrected chi connectivity index (χ4v) is 0.634. The van der Waals surface area contributed by atoms with E-state index in [4.69, 9.17) is 0 Å². The van der Waals surface area contributed by atoms with Crippen LogP contribution in [0.1, 0.15) is 0 Å². The Bertz CT molecular complexity index is 151. The summed E-state index contributed by atoms with van der Waals surface area (Å²) in [5.74, 6) is 0. The van der Waals surface area contributed by atoms with Crippen molar-refractivity contribution in [1.82, 2.24) is 5.32 Å². The third-order valence-electron chi connectivity index (χ3n) is 0.679. The SMILES string of the molecule is C=N/C=C(Br)\C=N/CNC. The number of aliphatic imine (C=N–C) groups is 2. The first-order valence-electron chi connectivity index (χ1n) is 2.77. The van der Waals surface area contributed by atoms with Crippen molar-refractivity contribution >= 4 is 28.9 Å². The van der Waals surface area contributed by atoms with Crippen molar-refractivity contribution in [3.63, 3.8) is 0 Å². The summed E-state index contributed by atoms with van der Waals surface area (Å²) in [6.45, 7) is 3.91. The monoisotopic (exact) mass is 203 g/mol. The Morgan fingerprint density at radius 1 is 1.80 bits per heavy atom. The minimum atomic E-state index is 0.611. The van der Waals surface area contributed by atoms with Crippen LogP contribution in [0.2, 0.25) is 0 Å². The lowest BCUT2D eigenvalue weighted by Gasteiger charge is -1.87. The molecule has 0 radical (unpaired) electrons. The lowest BCUT2D eigenvalue weighted by atomic mass is 10.6. The molecule has 0 bridgehead atoms. The first kappa shape index (κ1) is 9.52. The molecule has 0 aliphatic heterocycles. The maximum atomic E-state index is 3.97. The van der Waals surface area contributed by atoms with Crippen LogP contribution >= 0.6 is 15.9 Å². The van der Waals surface area contributed by atoms with E-state index in [0.717, 1.165) is 4.48 Å². The molecule has 10 heavy (non-hydrogen) atoms. The summed E-state index contributed by atoms with van der Waals surface area (Å²) < 4.78 is 0.817. The van der Waals surface area contributed by atoms with Gasteiger partial charge < -0.3 is 5.32 Å². The number of halogens is 1. The van der Waals surface area contributed by atoms with Crippen molar-refractivity contribution in [2.24, 2.45) is 9.98 Å². The van der Waals surface area contributed by atoms with Gasteiger partial charge in [-0.2, -0.15) is 0 Å². The lowest BCUT2D eigenvalue weighted by Crippen LogP contribution is -2.04. The van der Waals surface area contributed by atoms with Gasteiger partial charge in [0.25, 0.3) is 0 Å². The van der Waals surface area contributed by atoms with Gasteiger partial charge >= 0.3 is 0 Å². The maximum Gasteiger partial charge on any atom is 0.0882 e. The summed E-state index contributed by atoms with van der Waals surface area (Å²) in [7, 11) is 1.83. The minimum Gasteiger partial charge on any atom is -0.301 e. The van der Waals surface area contributed by atoms with Crippen molar-refractivity contribution in [2.45, 2.75) is 0 Å². The number of nitrogens with zero attached hydrogens (tertiary/aromatic N) is 2. The normalized spacial score (nSPS) is 12.4. The lowest BCUT2D eigenvalue weighted by molar-refractivity contribution is 0.838. The van der Waals surface area contributed by atoms with Crippen LogP contribution in [0.4, 0.5) is 0 Å². The van der Waals surface area contributed by atoms with Gasteiger partial charge in [0.1, 0.15) is 0 Å². The van der Waals surface area contributed by atoms with Gasteiger partial charge in [0.2, 0.25) is 0 Å². The summed E-state index contributed by atoms with van der Waals surface area (Å²) >= 11 is 3.22. The number of allylic oxidation sites excluding steroid dienone is 1. The highest BCUT2D eigenvalue weighted by molar-refractivity contribution is 9.12. The van der Waals surface area contributed by atoms with Crippen molar-refractivity contribution in [1.29, 1.82) is 0 Å². The Labute approximate surface area is 69.1 Å². The van der Waals surface area contributed by atoms with E-state index in [9.17, 15) is 0 Å². The Hall–Kier alpha value is -0.480. The van der Waals surface area contributed by atoms with Crippen molar-refractivity contribution in [2.75, 3.05) is 13.7 Å². The van der Waals surface area contributed by atoms with Gasteiger partial charge in [-0.05, 0) is 29.7 Å². The Morgan fingerprint density at radius 2 is 2.50 bits per heavy atom. The summed E-state index contributed by atoms with van der Waals surface area (Å²) in [6.07, 6.45) is 3.25. The molecule has 0 aliphatic rings. The molecule has 0 amide bonds. The van der Waals surface area contributed by atoms with Gasteiger partial charge in [-0.25, -0.2) is 0 Å². The molecule has 0 aliphatic carbocycles. The molecular weight excluding hydrogens is 194 g/mol. The van der Waals surface area contributed by atoms with E-state index in [1.807, 2.05) is 7.05 Å². The quantitative estimate of drug-likeness (QED) is 0.685. The third-order valence-corrected chi connectivity index (χ3v) is 1.09. The number of nitrogens with one attached hydrogen (secondary N) is 1. The molecule has 0 saturated heterocycles. The molecule has 56 valence electrons. The number of hydrogen-bond acceptors (Lipinski definition) is 3. The number of rotatable bonds is 4. The zero-order valence-corrected chi connectivity index (χ0v) is 7.43. The standard InChI is InChI=1S/C6H10BrN3/c1-8-3-6(7)4-10-5-9-2/h3-4,9H,1,5H2,2H3/b6-3+,10-4-. The molecule has 0 rings (SSSR count). The van der Waals surface area contributed by atoms with Gasteiger partial charge in [-0.15, -0.1) is 0 Å². The zero-order chi connectivity index (χ0) is 7.82. The average Bonchev–Trinajstić information content (AvgIpc) is 1.89. The Morgan fingerprint density at radius 3 is 3.00 bits per heavy atom. The van der Waals surface area contributed by atoms with E-state index in [2.05, 4.69) is 37.9 Å². The van der Waals surface area contributed by atoms with E-state index in [1.165, 1.54) is 0 Å². The first-order valence-corrected chi connectivity index (χ1v) is 3.56. The van der Waals surface area contributed by atoms with E-state index in [0.29, 0.717) is 6.67 Å². The highest BCUT2D eigenvalue weighted by Crippen LogP contribution is 1.99. The second kappa shape index (κ2) is 6.64. The zero-order valence-electron chi connectivity index (χ0n) is 5.84. The largest absolute Gasteiger partial charge is 0.301 e. The highest BCUT2D eigenvalue weighted by atomic mass is 79.9. The van der Waals surface area contributed by atoms with Gasteiger partial charge in [-0.3, -0.25) is 9.98 Å². The second-order valence-corrected chi connectivity index (χ2v) is 2.44. The van der Waals surface area contributed by atoms with Crippen LogP contribution in [0.5, 0.6) is 0 Å². The van der Waals surface area contributed by atoms with Gasteiger partial charge in [0.15, 0.2) is 0 Å². The third kappa shape index (κ3) is 5.65. The van der Waals surface area contributed by atoms with E-state index >= 15 is 0 Å². The molecule has 4 heteroatoms. The van der Waals surface area contributed by atoms with Crippen LogP contribution in [0, 0.1) is 0 Å². The fraction of sp³-hybridized carbons (Fsp3) is 0.333. The summed E-state index contributed by atoms with van der Waals surface area (Å²) in [6, 6.07) is 0. The predicted octanol–water partition coefficient (Wildman–Crippen LogP) is 1.17. The van der Waals surface area contributed by atoms with Crippen molar-refractivity contribution < 1.29 is 0 Å². The molecule has 0 aromatic rings. The average molecular weight is 204 g/mol. The Kier molecular flexibility index (Phi) is 6.32. The van der Waals surface area contributed by atoms with E-state index in [-0.39, 0.29) is 0 Å². The molecule has 0 heterocycles. The summed E-state index contributed by atoms with van der Waals surface area (Å²) in [5, 5.41) is 2.87. The molecule has 0 fully saturated rings. The number of hydrogen-bond donors (Lipinski definition) is 1. The van der Waals surface area contributed by atoms with E-state index < -0.39 is 0 Å². The maximum absolute atomic E-state index is 3.97. The van der Waals surface area contributed by atoms with Crippen LogP contribution in [0.3, 0.4) is 0 Å². The second-order valence-electron chi connectivity index (χ2n) is 1.52. The first-order chi connectivity index (χ1) is 4.81. The smallest absolute Gasteiger partial charge is 0.0882 e.